The van der Waals surface area contributed by atoms with E-state index in [0.717, 1.165) is 77.0 Å². The number of nitrogens with two attached hydrogens (primary N) is 1. The van der Waals surface area contributed by atoms with Crippen molar-refractivity contribution in [3.63, 3.8) is 0 Å². The van der Waals surface area contributed by atoms with Crippen molar-refractivity contribution in [3.05, 3.63) is 28.3 Å². The van der Waals surface area contributed by atoms with Gasteiger partial charge in [-0.2, -0.15) is 0 Å². The number of benzene rings is 1. The molecule has 2 N–H and O–H groups in total. The number of hydrogen-bond donors (Lipinski definition) is 1. The zero-order valence-electron chi connectivity index (χ0n) is 33.9. The first kappa shape index (κ1) is 46.7. The van der Waals surface area contributed by atoms with Crippen molar-refractivity contribution in [2.24, 2.45) is 0 Å². The zero-order valence-corrected chi connectivity index (χ0v) is 33.9. The number of hydrogen-bond acceptors (Lipinski definition) is 5. The predicted octanol–water partition coefficient (Wildman–Crippen LogP) is 14.6. The highest BCUT2D eigenvalue weighted by Crippen LogP contribution is 2.32. The second kappa shape index (κ2) is 31.2. The Balaban J connectivity index is 3.37. The van der Waals surface area contributed by atoms with Crippen LogP contribution in [0.5, 0.6) is 0 Å². The largest absolute Gasteiger partial charge is 0.398 e. The van der Waals surface area contributed by atoms with Gasteiger partial charge in [-0.3, -0.25) is 19.2 Å². The van der Waals surface area contributed by atoms with E-state index in [-0.39, 0.29) is 63.9 Å². The highest BCUT2D eigenvalue weighted by molar-refractivity contribution is 6.22. The average molecular weight is 710 g/mol. The number of nitrogen functional groups attached to an aromatic ring is 1. The van der Waals surface area contributed by atoms with Crippen LogP contribution in [0.25, 0.3) is 0 Å². The van der Waals surface area contributed by atoms with Crippen molar-refractivity contribution in [1.82, 2.24) is 0 Å². The van der Waals surface area contributed by atoms with E-state index in [1.807, 2.05) is 0 Å². The third kappa shape index (κ3) is 20.5. The van der Waals surface area contributed by atoms with Crippen LogP contribution in [-0.2, 0) is 0 Å². The van der Waals surface area contributed by atoms with Crippen LogP contribution < -0.4 is 5.73 Å². The van der Waals surface area contributed by atoms with E-state index in [1.54, 1.807) is 6.07 Å². The van der Waals surface area contributed by atoms with Gasteiger partial charge < -0.3 is 5.73 Å². The molecule has 0 aromatic heterocycles. The van der Waals surface area contributed by atoms with E-state index in [4.69, 9.17) is 5.73 Å². The van der Waals surface area contributed by atoms with Crippen LogP contribution in [0.2, 0.25) is 0 Å². The molecule has 0 aliphatic rings. The summed E-state index contributed by atoms with van der Waals surface area (Å²) in [4.78, 5) is 56.2. The fourth-order valence-corrected chi connectivity index (χ4v) is 7.27. The summed E-state index contributed by atoms with van der Waals surface area (Å²) in [7, 11) is 0. The molecule has 5 heteroatoms. The molecule has 5 nitrogen and oxygen atoms in total. The monoisotopic (exact) mass is 710 g/mol. The Kier molecular flexibility index (Phi) is 28.6. The quantitative estimate of drug-likeness (QED) is 0.0425. The van der Waals surface area contributed by atoms with Gasteiger partial charge in [0.2, 0.25) is 0 Å². The van der Waals surface area contributed by atoms with Crippen LogP contribution in [0, 0.1) is 0 Å². The average Bonchev–Trinajstić information content (AvgIpc) is 3.12. The zero-order chi connectivity index (χ0) is 37.5. The minimum atomic E-state index is -0.202. The van der Waals surface area contributed by atoms with Crippen molar-refractivity contribution in [1.29, 1.82) is 0 Å². The van der Waals surface area contributed by atoms with Crippen LogP contribution in [0.3, 0.4) is 0 Å². The lowest BCUT2D eigenvalue weighted by molar-refractivity contribution is 0.0923. The Morgan fingerprint density at radius 2 is 0.608 bits per heavy atom. The van der Waals surface area contributed by atoms with Gasteiger partial charge in [0.15, 0.2) is 23.1 Å². The van der Waals surface area contributed by atoms with Gasteiger partial charge in [-0.1, -0.05) is 182 Å². The number of ketones is 4. The van der Waals surface area contributed by atoms with Gasteiger partial charge in [0, 0.05) is 48.1 Å². The second-order valence-corrected chi connectivity index (χ2v) is 15.3. The molecule has 0 heterocycles. The molecule has 0 atom stereocenters. The first-order valence-corrected chi connectivity index (χ1v) is 21.9. The molecule has 1 rings (SSSR count). The number of rotatable bonds is 36. The summed E-state index contributed by atoms with van der Waals surface area (Å²) in [6, 6.07) is 1.57. The molecule has 0 aliphatic heterocycles. The first-order valence-electron chi connectivity index (χ1n) is 21.9. The van der Waals surface area contributed by atoms with E-state index in [0.29, 0.717) is 25.7 Å². The highest BCUT2D eigenvalue weighted by atomic mass is 16.1. The maximum Gasteiger partial charge on any atom is 0.165 e. The first-order chi connectivity index (χ1) is 24.8. The Bertz CT molecular complexity index is 1110. The van der Waals surface area contributed by atoms with Gasteiger partial charge in [0.1, 0.15) is 0 Å². The van der Waals surface area contributed by atoms with E-state index >= 15 is 0 Å². The summed E-state index contributed by atoms with van der Waals surface area (Å²) >= 11 is 0. The lowest BCUT2D eigenvalue weighted by Crippen LogP contribution is -2.22. The summed E-state index contributed by atoms with van der Waals surface area (Å²) in [5, 5.41) is 0. The van der Waals surface area contributed by atoms with Crippen LogP contribution >= 0.6 is 0 Å². The van der Waals surface area contributed by atoms with Crippen molar-refractivity contribution in [3.8, 4) is 0 Å². The molecule has 0 saturated heterocycles. The Morgan fingerprint density at radius 3 is 0.941 bits per heavy atom. The van der Waals surface area contributed by atoms with E-state index in [2.05, 4.69) is 27.7 Å². The van der Waals surface area contributed by atoms with E-state index < -0.39 is 0 Å². The molecule has 0 unspecified atom stereocenters. The van der Waals surface area contributed by atoms with Gasteiger partial charge in [-0.05, 0) is 31.7 Å². The molecule has 0 saturated carbocycles. The van der Waals surface area contributed by atoms with E-state index in [9.17, 15) is 19.2 Å². The maximum atomic E-state index is 14.2. The normalized spacial score (nSPS) is 11.3. The molecular weight excluding hydrogens is 631 g/mol. The van der Waals surface area contributed by atoms with Gasteiger partial charge in [-0.15, -0.1) is 0 Å². The van der Waals surface area contributed by atoms with Crippen molar-refractivity contribution in [2.45, 2.75) is 233 Å². The number of carbonyl (C=O) groups is 4. The Morgan fingerprint density at radius 1 is 0.353 bits per heavy atom. The number of carbonyl (C=O) groups excluding carboxylic acids is 4. The molecule has 0 aliphatic carbocycles. The highest BCUT2D eigenvalue weighted by Gasteiger charge is 2.31. The van der Waals surface area contributed by atoms with Gasteiger partial charge >= 0.3 is 0 Å². The summed E-state index contributed by atoms with van der Waals surface area (Å²) in [5.74, 6) is -0.680. The van der Waals surface area contributed by atoms with Crippen LogP contribution in [0.1, 0.15) is 275 Å². The van der Waals surface area contributed by atoms with Gasteiger partial charge in [0.05, 0.1) is 5.56 Å². The van der Waals surface area contributed by atoms with E-state index in [1.165, 1.54) is 89.9 Å². The van der Waals surface area contributed by atoms with Crippen LogP contribution in [-0.4, -0.2) is 23.1 Å². The molecule has 1 aromatic carbocycles. The third-order valence-electron chi connectivity index (χ3n) is 10.5. The van der Waals surface area contributed by atoms with Crippen LogP contribution in [0.15, 0.2) is 6.07 Å². The predicted molar refractivity (Wildman–Crippen MR) is 219 cm³/mol. The SMILES string of the molecule is CCCCCCCCCC(=O)c1cc(N)c(C(=O)CCCCCCCCC)c(C(=O)CCCCCCCCC)c1C(=O)CCCCCCCCC. The smallest absolute Gasteiger partial charge is 0.165 e. The Labute approximate surface area is 314 Å². The summed E-state index contributed by atoms with van der Waals surface area (Å²) in [6.07, 6.45) is 31.4. The molecule has 0 radical (unpaired) electrons. The molecular formula is C46H79NO4. The summed E-state index contributed by atoms with van der Waals surface area (Å²) in [5.41, 5.74) is 7.64. The minimum absolute atomic E-state index is 0.130. The van der Waals surface area contributed by atoms with Crippen molar-refractivity contribution >= 4 is 28.8 Å². The molecule has 51 heavy (non-hydrogen) atoms. The van der Waals surface area contributed by atoms with Gasteiger partial charge in [-0.25, -0.2) is 0 Å². The molecule has 1 aromatic rings. The molecule has 0 bridgehead atoms. The van der Waals surface area contributed by atoms with Crippen molar-refractivity contribution in [2.75, 3.05) is 5.73 Å². The topological polar surface area (TPSA) is 94.3 Å². The lowest BCUT2D eigenvalue weighted by atomic mass is 9.82. The fourth-order valence-electron chi connectivity index (χ4n) is 7.27. The van der Waals surface area contributed by atoms with Crippen molar-refractivity contribution < 1.29 is 19.2 Å². The minimum Gasteiger partial charge on any atom is -0.398 e. The standard InChI is InChI=1S/C46H79NO4/c1-5-9-13-17-21-25-29-33-40(48)38-37-39(47)45(42(50)35-31-27-23-19-15-11-7-3)46(43(51)36-32-28-24-20-16-12-8-4)44(38)41(49)34-30-26-22-18-14-10-6-2/h37H,5-36,47H2,1-4H3. The summed E-state index contributed by atoms with van der Waals surface area (Å²) in [6.45, 7) is 8.82. The van der Waals surface area contributed by atoms with Gasteiger partial charge in [0.25, 0.3) is 0 Å². The molecule has 0 spiro atoms. The third-order valence-corrected chi connectivity index (χ3v) is 10.5. The summed E-state index contributed by atoms with van der Waals surface area (Å²) < 4.78 is 0. The second-order valence-electron chi connectivity index (χ2n) is 15.3. The maximum absolute atomic E-state index is 14.2. The number of anilines is 1. The molecule has 292 valence electrons. The molecule has 0 fully saturated rings. The van der Waals surface area contributed by atoms with Crippen LogP contribution in [0.4, 0.5) is 5.69 Å². The fraction of sp³-hybridized carbons (Fsp3) is 0.783. The Hall–Kier alpha value is -2.30. The lowest BCUT2D eigenvalue weighted by Gasteiger charge is -2.19. The number of unbranched alkanes of at least 4 members (excludes halogenated alkanes) is 24. The number of Topliss-reactive ketones (excluding diaryl/α,β-unsaturated/α-hetero) is 4. The molecule has 0 amide bonds.